The van der Waals surface area contributed by atoms with Crippen molar-refractivity contribution in [1.82, 2.24) is 0 Å². The molecular weight excluding hydrogens is 280 g/mol. The van der Waals surface area contributed by atoms with Crippen LogP contribution in [0.15, 0.2) is 0 Å². The van der Waals surface area contributed by atoms with Crippen LogP contribution < -0.4 is 0 Å². The molecule has 0 aromatic rings. The molecule has 3 heterocycles. The maximum atomic E-state index is 10.4. The lowest BCUT2D eigenvalue weighted by atomic mass is 10.1. The van der Waals surface area contributed by atoms with E-state index in [1.807, 2.05) is 6.92 Å². The molecule has 0 saturated carbocycles. The molecular formula is C14H24O7. The van der Waals surface area contributed by atoms with E-state index in [4.69, 9.17) is 28.4 Å². The zero-order valence-corrected chi connectivity index (χ0v) is 12.3. The van der Waals surface area contributed by atoms with Gasteiger partial charge in [0.05, 0.1) is 52.4 Å². The van der Waals surface area contributed by atoms with E-state index in [9.17, 15) is 5.11 Å². The van der Waals surface area contributed by atoms with Gasteiger partial charge in [0.25, 0.3) is 0 Å². The molecule has 0 aromatic heterocycles. The molecule has 3 fully saturated rings. The largest absolute Gasteiger partial charge is 0.388 e. The maximum Gasteiger partial charge on any atom is 0.109 e. The molecule has 122 valence electrons. The van der Waals surface area contributed by atoms with Crippen molar-refractivity contribution < 1.29 is 33.5 Å². The summed E-state index contributed by atoms with van der Waals surface area (Å²) < 4.78 is 32.2. The Labute approximate surface area is 124 Å². The van der Waals surface area contributed by atoms with Crippen LogP contribution >= 0.6 is 0 Å². The Morgan fingerprint density at radius 2 is 1.48 bits per heavy atom. The average Bonchev–Trinajstić information content (AvgIpc) is 3.34. The number of hydrogen-bond acceptors (Lipinski definition) is 7. The second kappa shape index (κ2) is 7.32. The predicted octanol–water partition coefficient (Wildman–Crippen LogP) is -0.649. The minimum atomic E-state index is -0.748. The van der Waals surface area contributed by atoms with E-state index in [1.54, 1.807) is 0 Å². The van der Waals surface area contributed by atoms with Crippen molar-refractivity contribution in [3.05, 3.63) is 0 Å². The lowest BCUT2D eigenvalue weighted by Gasteiger charge is -2.27. The normalized spacial score (nSPS) is 34.3. The van der Waals surface area contributed by atoms with Crippen LogP contribution in [0, 0.1) is 0 Å². The van der Waals surface area contributed by atoms with Crippen molar-refractivity contribution in [2.75, 3.05) is 46.2 Å². The Bertz CT molecular complexity index is 314. The number of rotatable bonds is 12. The maximum absolute atomic E-state index is 10.4. The van der Waals surface area contributed by atoms with Gasteiger partial charge in [-0.15, -0.1) is 0 Å². The molecule has 0 bridgehead atoms. The first-order valence-corrected chi connectivity index (χ1v) is 7.56. The number of ether oxygens (including phenoxy) is 6. The van der Waals surface area contributed by atoms with E-state index in [2.05, 4.69) is 0 Å². The molecule has 3 aliphatic rings. The van der Waals surface area contributed by atoms with Crippen molar-refractivity contribution in [2.24, 2.45) is 0 Å². The summed E-state index contributed by atoms with van der Waals surface area (Å²) >= 11 is 0. The molecule has 7 heteroatoms. The minimum Gasteiger partial charge on any atom is -0.388 e. The smallest absolute Gasteiger partial charge is 0.109 e. The Morgan fingerprint density at radius 3 is 2.05 bits per heavy atom. The third-order valence-corrected chi connectivity index (χ3v) is 3.70. The summed E-state index contributed by atoms with van der Waals surface area (Å²) in [6.07, 6.45) is -0.967. The molecule has 6 atom stereocenters. The number of hydrogen-bond donors (Lipinski definition) is 1. The zero-order chi connectivity index (χ0) is 14.7. The predicted molar refractivity (Wildman–Crippen MR) is 71.2 cm³/mol. The van der Waals surface area contributed by atoms with Crippen LogP contribution in [0.1, 0.15) is 6.92 Å². The number of aliphatic hydroxyl groups excluding tert-OH is 1. The molecule has 3 rings (SSSR count). The summed E-state index contributed by atoms with van der Waals surface area (Å²) in [7, 11) is 0. The van der Waals surface area contributed by atoms with Gasteiger partial charge in [-0.2, -0.15) is 0 Å². The SMILES string of the molecule is CC(OCC1CO1)C(O)C(COCC1CO1)OCC1CO1. The van der Waals surface area contributed by atoms with Crippen molar-refractivity contribution in [3.63, 3.8) is 0 Å². The third kappa shape index (κ3) is 5.78. The third-order valence-electron chi connectivity index (χ3n) is 3.70. The second-order valence-corrected chi connectivity index (χ2v) is 5.80. The van der Waals surface area contributed by atoms with Crippen LogP contribution in [0.5, 0.6) is 0 Å². The Balaban J connectivity index is 1.39. The van der Waals surface area contributed by atoms with E-state index in [1.165, 1.54) is 0 Å². The van der Waals surface area contributed by atoms with E-state index >= 15 is 0 Å². The van der Waals surface area contributed by atoms with Gasteiger partial charge in [0, 0.05) is 0 Å². The highest BCUT2D eigenvalue weighted by Gasteiger charge is 2.32. The highest BCUT2D eigenvalue weighted by atomic mass is 16.6. The molecule has 0 amide bonds. The van der Waals surface area contributed by atoms with Gasteiger partial charge >= 0.3 is 0 Å². The highest BCUT2D eigenvalue weighted by molar-refractivity contribution is 4.79. The lowest BCUT2D eigenvalue weighted by Crippen LogP contribution is -2.43. The number of epoxide rings is 3. The molecule has 0 spiro atoms. The van der Waals surface area contributed by atoms with Gasteiger partial charge in [0.2, 0.25) is 0 Å². The fourth-order valence-electron chi connectivity index (χ4n) is 1.94. The molecule has 21 heavy (non-hydrogen) atoms. The van der Waals surface area contributed by atoms with Gasteiger partial charge < -0.3 is 33.5 Å². The highest BCUT2D eigenvalue weighted by Crippen LogP contribution is 2.17. The quantitative estimate of drug-likeness (QED) is 0.480. The topological polar surface area (TPSA) is 85.5 Å². The van der Waals surface area contributed by atoms with Crippen molar-refractivity contribution in [2.45, 2.75) is 43.5 Å². The van der Waals surface area contributed by atoms with Gasteiger partial charge in [-0.25, -0.2) is 0 Å². The monoisotopic (exact) mass is 304 g/mol. The van der Waals surface area contributed by atoms with E-state index in [0.29, 0.717) is 26.4 Å². The van der Waals surface area contributed by atoms with Gasteiger partial charge in [0.15, 0.2) is 0 Å². The molecule has 6 unspecified atom stereocenters. The first-order chi connectivity index (χ1) is 10.2. The fourth-order valence-corrected chi connectivity index (χ4v) is 1.94. The standard InChI is InChI=1S/C14H24O7/c1-9(17-3-11-5-19-11)14(15)13(21-7-12-6-20-12)8-16-2-10-4-18-10/h9-15H,2-8H2,1H3. The van der Waals surface area contributed by atoms with Gasteiger partial charge in [-0.3, -0.25) is 0 Å². The average molecular weight is 304 g/mol. The fraction of sp³-hybridized carbons (Fsp3) is 1.00. The van der Waals surface area contributed by atoms with Gasteiger partial charge in [0.1, 0.15) is 30.5 Å². The summed E-state index contributed by atoms with van der Waals surface area (Å²) in [5.41, 5.74) is 0. The Hall–Kier alpha value is -0.280. The van der Waals surface area contributed by atoms with Crippen LogP contribution in [0.25, 0.3) is 0 Å². The summed E-state index contributed by atoms with van der Waals surface area (Å²) in [4.78, 5) is 0. The van der Waals surface area contributed by atoms with Crippen LogP contribution in [0.4, 0.5) is 0 Å². The van der Waals surface area contributed by atoms with Gasteiger partial charge in [-0.05, 0) is 6.92 Å². The van der Waals surface area contributed by atoms with Crippen molar-refractivity contribution in [1.29, 1.82) is 0 Å². The first kappa shape index (κ1) is 15.6. The van der Waals surface area contributed by atoms with E-state index in [-0.39, 0.29) is 24.4 Å². The Kier molecular flexibility index (Phi) is 5.44. The summed E-state index contributed by atoms with van der Waals surface area (Å²) in [5, 5.41) is 10.4. The van der Waals surface area contributed by atoms with E-state index in [0.717, 1.165) is 19.8 Å². The molecule has 3 aliphatic heterocycles. The minimum absolute atomic E-state index is 0.155. The van der Waals surface area contributed by atoms with Crippen LogP contribution in [-0.2, 0) is 28.4 Å². The molecule has 0 aliphatic carbocycles. The summed E-state index contributed by atoms with van der Waals surface area (Å²) in [6, 6.07) is 0. The number of aliphatic hydroxyl groups is 1. The van der Waals surface area contributed by atoms with Crippen LogP contribution in [0.3, 0.4) is 0 Å². The summed E-state index contributed by atoms with van der Waals surface area (Å²) in [5.74, 6) is 0. The van der Waals surface area contributed by atoms with Crippen LogP contribution in [-0.4, -0.2) is 88.0 Å². The van der Waals surface area contributed by atoms with Gasteiger partial charge in [-0.1, -0.05) is 0 Å². The zero-order valence-electron chi connectivity index (χ0n) is 12.3. The molecule has 3 saturated heterocycles. The first-order valence-electron chi connectivity index (χ1n) is 7.56. The van der Waals surface area contributed by atoms with Crippen LogP contribution in [0.2, 0.25) is 0 Å². The van der Waals surface area contributed by atoms with Crippen molar-refractivity contribution >= 4 is 0 Å². The Morgan fingerprint density at radius 1 is 0.952 bits per heavy atom. The van der Waals surface area contributed by atoms with E-state index < -0.39 is 12.2 Å². The molecule has 0 aromatic carbocycles. The van der Waals surface area contributed by atoms with Crippen molar-refractivity contribution in [3.8, 4) is 0 Å². The molecule has 0 radical (unpaired) electrons. The lowest BCUT2D eigenvalue weighted by molar-refractivity contribution is -0.131. The molecule has 7 nitrogen and oxygen atoms in total. The second-order valence-electron chi connectivity index (χ2n) is 5.80. The molecule has 1 N–H and O–H groups in total. The summed E-state index contributed by atoms with van der Waals surface area (Å²) in [6.45, 7) is 5.90.